The summed E-state index contributed by atoms with van der Waals surface area (Å²) in [7, 11) is 0. The van der Waals surface area contributed by atoms with Crippen molar-refractivity contribution in [3.63, 3.8) is 0 Å². The molecule has 2 rings (SSSR count). The predicted molar refractivity (Wildman–Crippen MR) is 58.8 cm³/mol. The molecule has 0 saturated carbocycles. The third kappa shape index (κ3) is 1.11. The minimum absolute atomic E-state index is 0.622. The van der Waals surface area contributed by atoms with Gasteiger partial charge in [-0.3, -0.25) is 0 Å². The summed E-state index contributed by atoms with van der Waals surface area (Å²) in [4.78, 5) is 8.34. The van der Waals surface area contributed by atoms with Gasteiger partial charge in [-0.1, -0.05) is 0 Å². The second-order valence-corrected chi connectivity index (χ2v) is 5.58. The zero-order valence-electron chi connectivity index (χ0n) is 5.91. The summed E-state index contributed by atoms with van der Waals surface area (Å²) >= 11 is 8.36. The summed E-state index contributed by atoms with van der Waals surface area (Å²) in [6, 6.07) is 0. The molecule has 0 fully saturated rings. The monoisotopic (exact) mass is 352 g/mol. The second-order valence-electron chi connectivity index (χ2n) is 2.41. The van der Waals surface area contributed by atoms with Gasteiger partial charge in [0.15, 0.2) is 0 Å². The van der Waals surface area contributed by atoms with Crippen molar-refractivity contribution < 1.29 is 3.40 Å². The van der Waals surface area contributed by atoms with Crippen LogP contribution in [-0.4, -0.2) is 31.4 Å². The van der Waals surface area contributed by atoms with Crippen molar-refractivity contribution in [2.24, 2.45) is 9.98 Å². The van der Waals surface area contributed by atoms with Crippen molar-refractivity contribution in [2.75, 3.05) is 0 Å². The topological polar surface area (TPSA) is 24.7 Å². The first-order valence-corrected chi connectivity index (χ1v) is 5.85. The molecule has 0 aromatic carbocycles. The molecular formula is C6H5AsBr2N3+. The molecule has 0 spiro atoms. The minimum atomic E-state index is 0.622. The average molecular weight is 354 g/mol. The Kier molecular flexibility index (Phi) is 2.15. The molecule has 62 valence electrons. The van der Waals surface area contributed by atoms with Crippen LogP contribution >= 0.6 is 31.9 Å². The number of hydrogen-bond donors (Lipinski definition) is 0. The summed E-state index contributed by atoms with van der Waals surface area (Å²) in [5.41, 5.74) is 1.07. The van der Waals surface area contributed by atoms with E-state index < -0.39 is 0 Å². The van der Waals surface area contributed by atoms with Crippen molar-refractivity contribution in [2.45, 2.75) is 0 Å². The van der Waals surface area contributed by atoms with Gasteiger partial charge in [0.2, 0.25) is 0 Å². The Balaban J connectivity index is 2.60. The number of quaternary nitrogens is 1. The third-order valence-electron chi connectivity index (χ3n) is 1.69. The molecule has 0 amide bonds. The molecule has 0 saturated heterocycles. The van der Waals surface area contributed by atoms with Crippen LogP contribution in [0.2, 0.25) is 0 Å². The van der Waals surface area contributed by atoms with E-state index in [9.17, 15) is 0 Å². The zero-order chi connectivity index (χ0) is 8.77. The molecule has 0 radical (unpaired) electrons. The molecule has 2 aliphatic rings. The summed E-state index contributed by atoms with van der Waals surface area (Å²) in [5, 5.41) is 0. The number of rotatable bonds is 0. The van der Waals surface area contributed by atoms with Gasteiger partial charge in [-0.05, 0) is 0 Å². The molecule has 2 aliphatic heterocycles. The Hall–Kier alpha value is 0.298. The fourth-order valence-corrected chi connectivity index (χ4v) is 3.38. The molecule has 6 heteroatoms. The van der Waals surface area contributed by atoms with E-state index in [1.165, 1.54) is 0 Å². The van der Waals surface area contributed by atoms with Gasteiger partial charge in [0.1, 0.15) is 0 Å². The summed E-state index contributed by atoms with van der Waals surface area (Å²) in [5.74, 6) is 0. The zero-order valence-corrected chi connectivity index (χ0v) is 11.5. The fourth-order valence-electron chi connectivity index (χ4n) is 1.02. The molecule has 0 bridgehead atoms. The van der Waals surface area contributed by atoms with Crippen LogP contribution in [-0.2, 0) is 0 Å². The Morgan fingerprint density at radius 3 is 2.83 bits per heavy atom. The first-order valence-electron chi connectivity index (χ1n) is 3.18. The Bertz CT molecular complexity index is 358. The third-order valence-corrected chi connectivity index (χ3v) is 5.29. The first kappa shape index (κ1) is 8.88. The number of allylic oxidation sites excluding steroid dienone is 1. The number of aliphatic imine (C=N–C) groups is 2. The first-order chi connectivity index (χ1) is 5.64. The van der Waals surface area contributed by atoms with Gasteiger partial charge in [0.25, 0.3) is 0 Å². The van der Waals surface area contributed by atoms with E-state index in [4.69, 9.17) is 0 Å². The number of nitrogens with zero attached hydrogens (tertiary/aromatic N) is 3. The van der Waals surface area contributed by atoms with E-state index in [1.54, 1.807) is 23.3 Å². The van der Waals surface area contributed by atoms with Crippen LogP contribution in [0.25, 0.3) is 0 Å². The average Bonchev–Trinajstić information content (AvgIpc) is 2.25. The summed E-state index contributed by atoms with van der Waals surface area (Å²) in [6.45, 7) is 0. The van der Waals surface area contributed by atoms with Crippen molar-refractivity contribution >= 4 is 59.9 Å². The van der Waals surface area contributed by atoms with E-state index in [2.05, 4.69) is 41.8 Å². The predicted octanol–water partition coefficient (Wildman–Crippen LogP) is 1.24. The molecule has 2 atom stereocenters. The van der Waals surface area contributed by atoms with E-state index in [-0.39, 0.29) is 0 Å². The normalized spacial score (nSPS) is 32.4. The van der Waals surface area contributed by atoms with E-state index in [0.29, 0.717) is 3.40 Å². The maximum absolute atomic E-state index is 4.28. The quantitative estimate of drug-likeness (QED) is 0.462. The van der Waals surface area contributed by atoms with Gasteiger partial charge in [-0.25, -0.2) is 0 Å². The molecule has 12 heavy (non-hydrogen) atoms. The standard InChI is InChI=1S/C6H5AsBr2N3/c7-12-2-1-10-3-4(12)5(8)11-6(12)9/h1-3H,7H2/q+1. The second kappa shape index (κ2) is 2.91. The van der Waals surface area contributed by atoms with Gasteiger partial charge in [0.05, 0.1) is 0 Å². The number of halogens is 2. The number of hydrogen-bond acceptors (Lipinski definition) is 2. The molecule has 3 nitrogen and oxygen atoms in total. The summed E-state index contributed by atoms with van der Waals surface area (Å²) in [6.07, 6.45) is 5.61. The number of amidine groups is 1. The van der Waals surface area contributed by atoms with Gasteiger partial charge >= 0.3 is 96.0 Å². The molecule has 2 heterocycles. The van der Waals surface area contributed by atoms with Gasteiger partial charge in [-0.15, -0.1) is 0 Å². The van der Waals surface area contributed by atoms with Crippen LogP contribution in [0.15, 0.2) is 32.7 Å². The molecule has 0 aromatic rings. The molecule has 0 aliphatic carbocycles. The Morgan fingerprint density at radius 2 is 2.17 bits per heavy atom. The van der Waals surface area contributed by atoms with Crippen LogP contribution < -0.4 is 0 Å². The van der Waals surface area contributed by atoms with Crippen molar-refractivity contribution in [3.8, 4) is 0 Å². The van der Waals surface area contributed by atoms with E-state index in [1.807, 2.05) is 12.4 Å². The van der Waals surface area contributed by atoms with Crippen molar-refractivity contribution in [1.29, 1.82) is 0 Å². The molecule has 2 unspecified atom stereocenters. The number of fused-ring (bicyclic) bond motifs is 1. The van der Waals surface area contributed by atoms with Gasteiger partial charge in [0, 0.05) is 0 Å². The Morgan fingerprint density at radius 1 is 1.42 bits per heavy atom. The summed E-state index contributed by atoms with van der Waals surface area (Å²) < 4.78 is 2.37. The SMILES string of the molecule is [AsH2][N+]12C=CN=CC1=C(Br)N=C2Br. The van der Waals surface area contributed by atoms with Crippen LogP contribution in [0.1, 0.15) is 0 Å². The van der Waals surface area contributed by atoms with Crippen molar-refractivity contribution in [3.05, 3.63) is 22.7 Å². The fraction of sp³-hybridized carbons (Fsp3) is 0. The van der Waals surface area contributed by atoms with Crippen molar-refractivity contribution in [1.82, 2.24) is 0 Å². The van der Waals surface area contributed by atoms with Gasteiger partial charge in [-0.2, -0.15) is 0 Å². The van der Waals surface area contributed by atoms with Crippen LogP contribution in [0.3, 0.4) is 0 Å². The molecule has 0 N–H and O–H groups in total. The molecule has 0 aromatic heterocycles. The molecular weight excluding hydrogens is 349 g/mol. The Labute approximate surface area is 95.5 Å². The van der Waals surface area contributed by atoms with Crippen LogP contribution in [0.4, 0.5) is 0 Å². The van der Waals surface area contributed by atoms with Crippen LogP contribution in [0, 0.1) is 0 Å². The van der Waals surface area contributed by atoms with Crippen LogP contribution in [0.5, 0.6) is 0 Å². The van der Waals surface area contributed by atoms with Gasteiger partial charge < -0.3 is 0 Å². The van der Waals surface area contributed by atoms with E-state index in [0.717, 1.165) is 15.0 Å². The van der Waals surface area contributed by atoms with E-state index >= 15 is 0 Å². The maximum atomic E-state index is 4.28.